The molecule has 0 fully saturated rings. The molecule has 0 saturated carbocycles. The highest BCUT2D eigenvalue weighted by Crippen LogP contribution is 2.11. The van der Waals surface area contributed by atoms with Crippen molar-refractivity contribution in [2.45, 2.75) is 19.3 Å². The Bertz CT molecular complexity index is 627. The maximum atomic E-state index is 11.7. The fraction of sp³-hybridized carbons (Fsp3) is 0.294. The van der Waals surface area contributed by atoms with E-state index < -0.39 is 0 Å². The molecule has 0 aliphatic carbocycles. The third kappa shape index (κ3) is 6.84. The predicted molar refractivity (Wildman–Crippen MR) is 93.8 cm³/mol. The van der Waals surface area contributed by atoms with Crippen LogP contribution in [0, 0.1) is 0 Å². The number of amides is 2. The van der Waals surface area contributed by atoms with Crippen molar-refractivity contribution >= 4 is 34.8 Å². The van der Waals surface area contributed by atoms with Gasteiger partial charge in [-0.1, -0.05) is 29.8 Å². The monoisotopic (exact) mass is 350 g/mol. The van der Waals surface area contributed by atoms with E-state index in [1.165, 1.54) is 0 Å². The molecule has 1 heterocycles. The lowest BCUT2D eigenvalue weighted by molar-refractivity contribution is -0.122. The van der Waals surface area contributed by atoms with Gasteiger partial charge in [0.15, 0.2) is 0 Å². The van der Waals surface area contributed by atoms with Crippen LogP contribution < -0.4 is 10.6 Å². The molecule has 0 saturated heterocycles. The fourth-order valence-electron chi connectivity index (χ4n) is 2.04. The normalized spacial score (nSPS) is 10.3. The van der Waals surface area contributed by atoms with Crippen molar-refractivity contribution in [3.63, 3.8) is 0 Å². The summed E-state index contributed by atoms with van der Waals surface area (Å²) < 4.78 is 0. The summed E-state index contributed by atoms with van der Waals surface area (Å²) in [5.74, 6) is -0.0460. The Balaban J connectivity index is 1.56. The minimum absolute atomic E-state index is 0.0209. The van der Waals surface area contributed by atoms with Gasteiger partial charge in [0.25, 0.3) is 0 Å². The SMILES string of the molecule is O=C(CCc1ccc(Cl)cc1)NCCNC(=O)Cc1cccs1. The third-order valence-corrected chi connectivity index (χ3v) is 4.37. The molecule has 4 nitrogen and oxygen atoms in total. The van der Waals surface area contributed by atoms with Crippen molar-refractivity contribution in [2.75, 3.05) is 13.1 Å². The molecule has 2 aromatic rings. The van der Waals surface area contributed by atoms with Crippen molar-refractivity contribution in [1.29, 1.82) is 0 Å². The molecule has 0 aliphatic rings. The van der Waals surface area contributed by atoms with Gasteiger partial charge in [-0.2, -0.15) is 0 Å². The Morgan fingerprint density at radius 2 is 1.70 bits per heavy atom. The van der Waals surface area contributed by atoms with Crippen LogP contribution in [0.5, 0.6) is 0 Å². The fourth-order valence-corrected chi connectivity index (χ4v) is 2.86. The number of hydrogen-bond donors (Lipinski definition) is 2. The Morgan fingerprint density at radius 1 is 1.00 bits per heavy atom. The second-order valence-corrected chi connectivity index (χ2v) is 6.55. The molecule has 0 spiro atoms. The molecule has 0 aliphatic heterocycles. The van der Waals surface area contributed by atoms with Gasteiger partial charge in [-0.15, -0.1) is 11.3 Å². The largest absolute Gasteiger partial charge is 0.354 e. The molecule has 0 bridgehead atoms. The van der Waals surface area contributed by atoms with Crippen LogP contribution in [-0.4, -0.2) is 24.9 Å². The van der Waals surface area contributed by atoms with Gasteiger partial charge in [-0.25, -0.2) is 0 Å². The van der Waals surface area contributed by atoms with E-state index in [1.54, 1.807) is 11.3 Å². The molecule has 122 valence electrons. The third-order valence-electron chi connectivity index (χ3n) is 3.24. The molecule has 0 radical (unpaired) electrons. The summed E-state index contributed by atoms with van der Waals surface area (Å²) in [6.45, 7) is 0.881. The van der Waals surface area contributed by atoms with Gasteiger partial charge in [0, 0.05) is 29.4 Å². The van der Waals surface area contributed by atoms with E-state index in [2.05, 4.69) is 10.6 Å². The van der Waals surface area contributed by atoms with Crippen molar-refractivity contribution in [3.05, 3.63) is 57.2 Å². The van der Waals surface area contributed by atoms with Gasteiger partial charge in [0.1, 0.15) is 0 Å². The first-order valence-corrected chi connectivity index (χ1v) is 8.69. The lowest BCUT2D eigenvalue weighted by Crippen LogP contribution is -2.35. The lowest BCUT2D eigenvalue weighted by Gasteiger charge is -2.07. The van der Waals surface area contributed by atoms with E-state index >= 15 is 0 Å². The van der Waals surface area contributed by atoms with Crippen LogP contribution in [0.1, 0.15) is 16.9 Å². The topological polar surface area (TPSA) is 58.2 Å². The Labute approximate surface area is 144 Å². The standard InChI is InChI=1S/C17H19ClN2O2S/c18-14-6-3-13(4-7-14)5-8-16(21)19-9-10-20-17(22)12-15-2-1-11-23-15/h1-4,6-7,11H,5,8-10,12H2,(H,19,21)(H,20,22). The average Bonchev–Trinajstić information content (AvgIpc) is 3.04. The average molecular weight is 351 g/mol. The van der Waals surface area contributed by atoms with Gasteiger partial charge in [0.2, 0.25) is 11.8 Å². The number of carbonyl (C=O) groups is 2. The number of hydrogen-bond acceptors (Lipinski definition) is 3. The molecule has 0 unspecified atom stereocenters. The van der Waals surface area contributed by atoms with Gasteiger partial charge in [0.05, 0.1) is 6.42 Å². The number of aryl methyl sites for hydroxylation is 1. The number of carbonyl (C=O) groups excluding carboxylic acids is 2. The smallest absolute Gasteiger partial charge is 0.225 e. The highest BCUT2D eigenvalue weighted by molar-refractivity contribution is 7.10. The minimum Gasteiger partial charge on any atom is -0.354 e. The zero-order chi connectivity index (χ0) is 16.5. The molecule has 1 aromatic heterocycles. The maximum Gasteiger partial charge on any atom is 0.225 e. The van der Waals surface area contributed by atoms with Crippen LogP contribution in [0.3, 0.4) is 0 Å². The molecule has 6 heteroatoms. The molecule has 0 atom stereocenters. The zero-order valence-corrected chi connectivity index (χ0v) is 14.3. The number of thiophene rings is 1. The van der Waals surface area contributed by atoms with Crippen molar-refractivity contribution in [1.82, 2.24) is 10.6 Å². The van der Waals surface area contributed by atoms with Crippen LogP contribution in [0.25, 0.3) is 0 Å². The van der Waals surface area contributed by atoms with E-state index in [9.17, 15) is 9.59 Å². The molecular formula is C17H19ClN2O2S. The quantitative estimate of drug-likeness (QED) is 0.719. The van der Waals surface area contributed by atoms with Crippen LogP contribution in [0.15, 0.2) is 41.8 Å². The van der Waals surface area contributed by atoms with Crippen LogP contribution in [0.4, 0.5) is 0 Å². The second kappa shape index (κ2) is 9.33. The minimum atomic E-state index is -0.0251. The first kappa shape index (κ1) is 17.5. The summed E-state index contributed by atoms with van der Waals surface area (Å²) in [7, 11) is 0. The first-order chi connectivity index (χ1) is 11.1. The van der Waals surface area contributed by atoms with E-state index in [4.69, 9.17) is 11.6 Å². The first-order valence-electron chi connectivity index (χ1n) is 7.44. The van der Waals surface area contributed by atoms with Crippen molar-refractivity contribution < 1.29 is 9.59 Å². The molecule has 2 rings (SSSR count). The highest BCUT2D eigenvalue weighted by atomic mass is 35.5. The van der Waals surface area contributed by atoms with Gasteiger partial charge in [-0.3, -0.25) is 9.59 Å². The van der Waals surface area contributed by atoms with Gasteiger partial charge in [-0.05, 0) is 35.6 Å². The van der Waals surface area contributed by atoms with E-state index in [-0.39, 0.29) is 11.8 Å². The molecule has 2 N–H and O–H groups in total. The highest BCUT2D eigenvalue weighted by Gasteiger charge is 2.05. The Kier molecular flexibility index (Phi) is 7.10. The summed E-state index contributed by atoms with van der Waals surface area (Å²) in [5.41, 5.74) is 1.08. The Morgan fingerprint density at radius 3 is 2.35 bits per heavy atom. The van der Waals surface area contributed by atoms with E-state index in [0.29, 0.717) is 37.4 Å². The Hall–Kier alpha value is -1.85. The summed E-state index contributed by atoms with van der Waals surface area (Å²) in [6, 6.07) is 11.3. The predicted octanol–water partition coefficient (Wildman–Crippen LogP) is 2.81. The summed E-state index contributed by atoms with van der Waals surface area (Å²) in [4.78, 5) is 24.4. The van der Waals surface area contributed by atoms with Crippen molar-refractivity contribution in [3.8, 4) is 0 Å². The van der Waals surface area contributed by atoms with Crippen LogP contribution >= 0.6 is 22.9 Å². The summed E-state index contributed by atoms with van der Waals surface area (Å²) >= 11 is 7.38. The number of nitrogens with one attached hydrogen (secondary N) is 2. The number of benzene rings is 1. The number of rotatable bonds is 8. The molecular weight excluding hydrogens is 332 g/mol. The summed E-state index contributed by atoms with van der Waals surface area (Å²) in [5, 5.41) is 8.24. The van der Waals surface area contributed by atoms with Crippen molar-refractivity contribution in [2.24, 2.45) is 0 Å². The van der Waals surface area contributed by atoms with Gasteiger partial charge >= 0.3 is 0 Å². The molecule has 23 heavy (non-hydrogen) atoms. The number of halogens is 1. The van der Waals surface area contributed by atoms with Crippen LogP contribution in [0.2, 0.25) is 5.02 Å². The maximum absolute atomic E-state index is 11.7. The molecule has 1 aromatic carbocycles. The van der Waals surface area contributed by atoms with Crippen LogP contribution in [-0.2, 0) is 22.4 Å². The zero-order valence-electron chi connectivity index (χ0n) is 12.7. The van der Waals surface area contributed by atoms with E-state index in [1.807, 2.05) is 41.8 Å². The van der Waals surface area contributed by atoms with E-state index in [0.717, 1.165) is 10.4 Å². The molecule has 2 amide bonds. The second-order valence-electron chi connectivity index (χ2n) is 5.08. The lowest BCUT2D eigenvalue weighted by atomic mass is 10.1. The summed E-state index contributed by atoms with van der Waals surface area (Å²) in [6.07, 6.45) is 1.49. The van der Waals surface area contributed by atoms with Gasteiger partial charge < -0.3 is 10.6 Å².